The van der Waals surface area contributed by atoms with Crippen molar-refractivity contribution in [1.82, 2.24) is 0 Å². The molecule has 0 aliphatic heterocycles. The Kier molecular flexibility index (Phi) is 6.91. The van der Waals surface area contributed by atoms with Crippen LogP contribution in [-0.4, -0.2) is 23.1 Å². The van der Waals surface area contributed by atoms with Gasteiger partial charge in [-0.05, 0) is 19.8 Å². The first-order valence-electron chi connectivity index (χ1n) is 3.72. The van der Waals surface area contributed by atoms with Crippen LogP contribution in [0.25, 0.3) is 0 Å². The molecule has 0 heterocycles. The largest absolute Gasteiger partial charge is 0.396 e. The summed E-state index contributed by atoms with van der Waals surface area (Å²) in [6, 6.07) is 0. The van der Waals surface area contributed by atoms with Crippen molar-refractivity contribution in [2.45, 2.75) is 38.7 Å². The third kappa shape index (κ3) is 6.01. The van der Waals surface area contributed by atoms with Gasteiger partial charge >= 0.3 is 0 Å². The monoisotopic (exact) mass is 148 g/mol. The molecule has 62 valence electrons. The predicted octanol–water partition coefficient (Wildman–Crippen LogP) is 1.42. The van der Waals surface area contributed by atoms with Crippen molar-refractivity contribution < 1.29 is 15.3 Å². The van der Waals surface area contributed by atoms with Crippen LogP contribution in [0.3, 0.4) is 0 Å². The summed E-state index contributed by atoms with van der Waals surface area (Å²) in [6.07, 6.45) is 3.64. The van der Waals surface area contributed by atoms with Crippen molar-refractivity contribution in [3.8, 4) is 0 Å². The fourth-order valence-electron chi connectivity index (χ4n) is 0.773. The minimum atomic E-state index is -0.0707. The van der Waals surface area contributed by atoms with Crippen LogP contribution in [0, 0.1) is 0 Å². The molecule has 0 aliphatic carbocycles. The van der Waals surface area contributed by atoms with Gasteiger partial charge in [-0.25, -0.2) is 4.89 Å². The molecule has 0 fully saturated rings. The minimum Gasteiger partial charge on any atom is -0.396 e. The van der Waals surface area contributed by atoms with E-state index in [0.717, 1.165) is 25.7 Å². The van der Waals surface area contributed by atoms with Crippen LogP contribution in [0.1, 0.15) is 32.6 Å². The Bertz CT molecular complexity index is 65.9. The highest BCUT2D eigenvalue weighted by atomic mass is 17.1. The van der Waals surface area contributed by atoms with E-state index in [9.17, 15) is 0 Å². The molecular weight excluding hydrogens is 132 g/mol. The zero-order valence-electron chi connectivity index (χ0n) is 6.42. The quantitative estimate of drug-likeness (QED) is 0.340. The molecule has 0 aromatic rings. The number of hydrogen-bond donors (Lipinski definition) is 2. The van der Waals surface area contributed by atoms with Gasteiger partial charge in [0.2, 0.25) is 0 Å². The lowest BCUT2D eigenvalue weighted by atomic mass is 10.1. The standard InChI is InChI=1S/C7H16O3/c1-7(10-9)5-3-2-4-6-8/h7-9H,2-6H2,1H3. The van der Waals surface area contributed by atoms with Crippen LogP contribution in [0.5, 0.6) is 0 Å². The Hall–Kier alpha value is -0.120. The van der Waals surface area contributed by atoms with Gasteiger partial charge < -0.3 is 5.11 Å². The van der Waals surface area contributed by atoms with Crippen molar-refractivity contribution in [3.63, 3.8) is 0 Å². The van der Waals surface area contributed by atoms with E-state index in [1.54, 1.807) is 0 Å². The molecular formula is C7H16O3. The summed E-state index contributed by atoms with van der Waals surface area (Å²) in [4.78, 5) is 4.07. The molecule has 10 heavy (non-hydrogen) atoms. The Balaban J connectivity index is 2.89. The Morgan fingerprint density at radius 1 is 1.30 bits per heavy atom. The van der Waals surface area contributed by atoms with Gasteiger partial charge in [0.15, 0.2) is 0 Å². The molecule has 0 aromatic heterocycles. The van der Waals surface area contributed by atoms with E-state index in [1.165, 1.54) is 0 Å². The van der Waals surface area contributed by atoms with Gasteiger partial charge in [-0.15, -0.1) is 0 Å². The zero-order valence-corrected chi connectivity index (χ0v) is 6.42. The second-order valence-electron chi connectivity index (χ2n) is 2.49. The summed E-state index contributed by atoms with van der Waals surface area (Å²) in [6.45, 7) is 2.08. The molecule has 1 unspecified atom stereocenters. The van der Waals surface area contributed by atoms with Crippen LogP contribution in [0.2, 0.25) is 0 Å². The number of aliphatic hydroxyl groups is 1. The first-order chi connectivity index (χ1) is 4.81. The molecule has 3 heteroatoms. The van der Waals surface area contributed by atoms with Crippen molar-refractivity contribution in [3.05, 3.63) is 0 Å². The normalized spacial score (nSPS) is 13.5. The van der Waals surface area contributed by atoms with E-state index in [1.807, 2.05) is 6.92 Å². The second-order valence-corrected chi connectivity index (χ2v) is 2.49. The lowest BCUT2D eigenvalue weighted by Crippen LogP contribution is -2.04. The average molecular weight is 148 g/mol. The summed E-state index contributed by atoms with van der Waals surface area (Å²) in [7, 11) is 0. The fourth-order valence-corrected chi connectivity index (χ4v) is 0.773. The topological polar surface area (TPSA) is 49.7 Å². The SMILES string of the molecule is CC(CCCCCO)OO. The molecule has 0 aromatic carbocycles. The molecule has 1 atom stereocenters. The lowest BCUT2D eigenvalue weighted by molar-refractivity contribution is -0.275. The summed E-state index contributed by atoms with van der Waals surface area (Å²) in [5, 5.41) is 16.5. The molecule has 2 N–H and O–H groups in total. The van der Waals surface area contributed by atoms with Gasteiger partial charge in [0.1, 0.15) is 0 Å². The van der Waals surface area contributed by atoms with Gasteiger partial charge in [-0.2, -0.15) is 0 Å². The lowest BCUT2D eigenvalue weighted by Gasteiger charge is -2.05. The van der Waals surface area contributed by atoms with Crippen molar-refractivity contribution >= 4 is 0 Å². The van der Waals surface area contributed by atoms with Crippen LogP contribution in [0.4, 0.5) is 0 Å². The van der Waals surface area contributed by atoms with E-state index in [0.29, 0.717) is 0 Å². The van der Waals surface area contributed by atoms with Gasteiger partial charge in [0, 0.05) is 6.61 Å². The molecule has 0 spiro atoms. The average Bonchev–Trinajstić information content (AvgIpc) is 1.98. The van der Waals surface area contributed by atoms with Crippen molar-refractivity contribution in [1.29, 1.82) is 0 Å². The number of rotatable bonds is 6. The smallest absolute Gasteiger partial charge is 0.0899 e. The molecule has 0 bridgehead atoms. The highest BCUT2D eigenvalue weighted by Gasteiger charge is 1.98. The maximum atomic E-state index is 8.41. The Morgan fingerprint density at radius 2 is 2.00 bits per heavy atom. The molecule has 0 radical (unpaired) electrons. The van der Waals surface area contributed by atoms with E-state index in [-0.39, 0.29) is 12.7 Å². The third-order valence-corrected chi connectivity index (χ3v) is 1.45. The van der Waals surface area contributed by atoms with Crippen LogP contribution in [0.15, 0.2) is 0 Å². The van der Waals surface area contributed by atoms with Crippen LogP contribution in [-0.2, 0) is 4.89 Å². The number of unbranched alkanes of at least 4 members (excludes halogenated alkanes) is 2. The van der Waals surface area contributed by atoms with Crippen LogP contribution < -0.4 is 0 Å². The van der Waals surface area contributed by atoms with E-state index >= 15 is 0 Å². The Morgan fingerprint density at radius 3 is 2.50 bits per heavy atom. The minimum absolute atomic E-state index is 0.0707. The fraction of sp³-hybridized carbons (Fsp3) is 1.00. The highest BCUT2D eigenvalue weighted by molar-refractivity contribution is 4.48. The highest BCUT2D eigenvalue weighted by Crippen LogP contribution is 2.04. The predicted molar refractivity (Wildman–Crippen MR) is 38.7 cm³/mol. The van der Waals surface area contributed by atoms with E-state index < -0.39 is 0 Å². The molecule has 3 nitrogen and oxygen atoms in total. The summed E-state index contributed by atoms with van der Waals surface area (Å²) >= 11 is 0. The summed E-state index contributed by atoms with van der Waals surface area (Å²) in [5.74, 6) is 0. The maximum absolute atomic E-state index is 8.41. The zero-order chi connectivity index (χ0) is 7.82. The summed E-state index contributed by atoms with van der Waals surface area (Å²) in [5.41, 5.74) is 0. The Labute approximate surface area is 61.6 Å². The number of hydrogen-bond acceptors (Lipinski definition) is 3. The molecule has 0 rings (SSSR count). The van der Waals surface area contributed by atoms with Gasteiger partial charge in [-0.1, -0.05) is 12.8 Å². The summed E-state index contributed by atoms with van der Waals surface area (Å²) < 4.78 is 0. The van der Waals surface area contributed by atoms with E-state index in [2.05, 4.69) is 4.89 Å². The first kappa shape index (κ1) is 9.88. The second kappa shape index (κ2) is 6.99. The molecule has 0 saturated carbocycles. The number of aliphatic hydroxyl groups excluding tert-OH is 1. The van der Waals surface area contributed by atoms with E-state index in [4.69, 9.17) is 10.4 Å². The first-order valence-corrected chi connectivity index (χ1v) is 3.72. The van der Waals surface area contributed by atoms with Crippen molar-refractivity contribution in [2.75, 3.05) is 6.61 Å². The third-order valence-electron chi connectivity index (χ3n) is 1.45. The van der Waals surface area contributed by atoms with Crippen molar-refractivity contribution in [2.24, 2.45) is 0 Å². The molecule has 0 amide bonds. The maximum Gasteiger partial charge on any atom is 0.0899 e. The van der Waals surface area contributed by atoms with Gasteiger partial charge in [0.25, 0.3) is 0 Å². The van der Waals surface area contributed by atoms with Gasteiger partial charge in [-0.3, -0.25) is 5.26 Å². The van der Waals surface area contributed by atoms with Crippen LogP contribution >= 0.6 is 0 Å². The molecule has 0 saturated heterocycles. The molecule has 0 aliphatic rings. The van der Waals surface area contributed by atoms with Gasteiger partial charge in [0.05, 0.1) is 6.10 Å².